The van der Waals surface area contributed by atoms with Gasteiger partial charge in [-0.15, -0.1) is 0 Å². The van der Waals surface area contributed by atoms with E-state index in [-0.39, 0.29) is 5.41 Å². The highest BCUT2D eigenvalue weighted by molar-refractivity contribution is 7.89. The molecule has 0 saturated carbocycles. The maximum atomic E-state index is 13.3. The van der Waals surface area contributed by atoms with Crippen molar-refractivity contribution in [2.24, 2.45) is 0 Å². The number of anilines is 1. The molecule has 0 bridgehead atoms. The third kappa shape index (κ3) is 4.31. The first-order valence-electron chi connectivity index (χ1n) is 9.21. The molecule has 1 aliphatic heterocycles. The Kier molecular flexibility index (Phi) is 5.57. The molecule has 0 aliphatic carbocycles. The standard InChI is InChI=1S/C21H27ClN2O2S/c1-16-8-9-17(21(2,3)4)14-20(16)27(25,26)24-12-10-23(11-13-24)19-7-5-6-18(22)15-19/h5-9,14-15H,10-13H2,1-4H3. The summed E-state index contributed by atoms with van der Waals surface area (Å²) in [6.07, 6.45) is 0. The molecule has 0 amide bonds. The molecular formula is C21H27ClN2O2S. The number of hydrogen-bond donors (Lipinski definition) is 0. The first-order valence-corrected chi connectivity index (χ1v) is 11.0. The maximum absolute atomic E-state index is 13.3. The average molecular weight is 407 g/mol. The van der Waals surface area contributed by atoms with Gasteiger partial charge in [-0.25, -0.2) is 8.42 Å². The molecule has 0 atom stereocenters. The van der Waals surface area contributed by atoms with Crippen molar-refractivity contribution in [2.45, 2.75) is 38.0 Å². The minimum Gasteiger partial charge on any atom is -0.369 e. The number of sulfonamides is 1. The van der Waals surface area contributed by atoms with E-state index in [4.69, 9.17) is 11.6 Å². The summed E-state index contributed by atoms with van der Waals surface area (Å²) >= 11 is 6.08. The fraction of sp³-hybridized carbons (Fsp3) is 0.429. The molecule has 6 heteroatoms. The van der Waals surface area contributed by atoms with Crippen LogP contribution in [0.3, 0.4) is 0 Å². The van der Waals surface area contributed by atoms with Gasteiger partial charge >= 0.3 is 0 Å². The largest absolute Gasteiger partial charge is 0.369 e. The Hall–Kier alpha value is -1.56. The highest BCUT2D eigenvalue weighted by Crippen LogP contribution is 2.29. The lowest BCUT2D eigenvalue weighted by Crippen LogP contribution is -2.48. The van der Waals surface area contributed by atoms with Crippen molar-refractivity contribution in [3.05, 3.63) is 58.6 Å². The summed E-state index contributed by atoms with van der Waals surface area (Å²) < 4.78 is 28.1. The second kappa shape index (κ2) is 7.46. The van der Waals surface area contributed by atoms with Crippen LogP contribution in [0, 0.1) is 6.92 Å². The number of rotatable bonds is 3. The van der Waals surface area contributed by atoms with Crippen LogP contribution < -0.4 is 4.90 Å². The molecule has 2 aromatic rings. The molecule has 1 aliphatic rings. The lowest BCUT2D eigenvalue weighted by Gasteiger charge is -2.35. The van der Waals surface area contributed by atoms with E-state index in [1.807, 2.05) is 49.4 Å². The second-order valence-corrected chi connectivity index (χ2v) is 10.4. The van der Waals surface area contributed by atoms with Crippen molar-refractivity contribution < 1.29 is 8.42 Å². The maximum Gasteiger partial charge on any atom is 0.243 e. The zero-order valence-electron chi connectivity index (χ0n) is 16.4. The molecule has 0 spiro atoms. The monoisotopic (exact) mass is 406 g/mol. The van der Waals surface area contributed by atoms with E-state index in [0.29, 0.717) is 36.1 Å². The van der Waals surface area contributed by atoms with Crippen LogP contribution in [0.5, 0.6) is 0 Å². The van der Waals surface area contributed by atoms with Gasteiger partial charge in [0.05, 0.1) is 4.90 Å². The number of aryl methyl sites for hydroxylation is 1. The summed E-state index contributed by atoms with van der Waals surface area (Å²) in [7, 11) is -3.51. The number of piperazine rings is 1. The van der Waals surface area contributed by atoms with E-state index in [2.05, 4.69) is 25.7 Å². The van der Waals surface area contributed by atoms with E-state index in [0.717, 1.165) is 16.8 Å². The van der Waals surface area contributed by atoms with E-state index in [9.17, 15) is 8.42 Å². The highest BCUT2D eigenvalue weighted by atomic mass is 35.5. The van der Waals surface area contributed by atoms with Crippen molar-refractivity contribution in [3.8, 4) is 0 Å². The summed E-state index contributed by atoms with van der Waals surface area (Å²) in [5, 5.41) is 0.692. The fourth-order valence-electron chi connectivity index (χ4n) is 3.34. The molecule has 3 rings (SSSR count). The fourth-order valence-corrected chi connectivity index (χ4v) is 5.20. The van der Waals surface area contributed by atoms with E-state index >= 15 is 0 Å². The van der Waals surface area contributed by atoms with Gasteiger partial charge in [-0.05, 0) is 47.7 Å². The van der Waals surface area contributed by atoms with Crippen LogP contribution in [0.15, 0.2) is 47.4 Å². The lowest BCUT2D eigenvalue weighted by atomic mass is 9.87. The molecule has 0 aromatic heterocycles. The molecule has 1 fully saturated rings. The van der Waals surface area contributed by atoms with Gasteiger partial charge in [0.2, 0.25) is 10.0 Å². The molecular weight excluding hydrogens is 380 g/mol. The smallest absolute Gasteiger partial charge is 0.243 e. The summed E-state index contributed by atoms with van der Waals surface area (Å²) in [6.45, 7) is 10.4. The van der Waals surface area contributed by atoms with E-state index < -0.39 is 10.0 Å². The number of benzene rings is 2. The van der Waals surface area contributed by atoms with Crippen LogP contribution in [0.25, 0.3) is 0 Å². The molecule has 146 valence electrons. The molecule has 1 heterocycles. The van der Waals surface area contributed by atoms with Crippen LogP contribution >= 0.6 is 11.6 Å². The van der Waals surface area contributed by atoms with Crippen LogP contribution in [0.2, 0.25) is 5.02 Å². The Bertz CT molecular complexity index is 927. The van der Waals surface area contributed by atoms with Crippen LogP contribution in [-0.2, 0) is 15.4 Å². The third-order valence-corrected chi connectivity index (χ3v) is 7.36. The first kappa shape index (κ1) is 20.2. The van der Waals surface area contributed by atoms with Crippen LogP contribution in [0.1, 0.15) is 31.9 Å². The Morgan fingerprint density at radius 2 is 1.63 bits per heavy atom. The quantitative estimate of drug-likeness (QED) is 0.755. The van der Waals surface area contributed by atoms with Gasteiger partial charge in [-0.3, -0.25) is 0 Å². The average Bonchev–Trinajstić information content (AvgIpc) is 2.61. The highest BCUT2D eigenvalue weighted by Gasteiger charge is 2.30. The predicted octanol–water partition coefficient (Wildman–Crippen LogP) is 4.46. The number of halogens is 1. The van der Waals surface area contributed by atoms with Crippen molar-refractivity contribution in [1.82, 2.24) is 4.31 Å². The summed E-state index contributed by atoms with van der Waals surface area (Å²) in [5.74, 6) is 0. The molecule has 0 unspecified atom stereocenters. The molecule has 0 N–H and O–H groups in total. The van der Waals surface area contributed by atoms with E-state index in [1.165, 1.54) is 0 Å². The Morgan fingerprint density at radius 3 is 2.22 bits per heavy atom. The van der Waals surface area contributed by atoms with Gasteiger partial charge in [0.1, 0.15) is 0 Å². The van der Waals surface area contributed by atoms with Gasteiger partial charge in [-0.1, -0.05) is 50.6 Å². The Morgan fingerprint density at radius 1 is 0.963 bits per heavy atom. The predicted molar refractivity (Wildman–Crippen MR) is 112 cm³/mol. The van der Waals surface area contributed by atoms with Gasteiger partial charge in [-0.2, -0.15) is 4.31 Å². The van der Waals surface area contributed by atoms with Crippen LogP contribution in [-0.4, -0.2) is 38.9 Å². The van der Waals surface area contributed by atoms with Crippen molar-refractivity contribution >= 4 is 27.3 Å². The SMILES string of the molecule is Cc1ccc(C(C)(C)C)cc1S(=O)(=O)N1CCN(c2cccc(Cl)c2)CC1. The molecule has 2 aromatic carbocycles. The van der Waals surface area contributed by atoms with Crippen molar-refractivity contribution in [2.75, 3.05) is 31.1 Å². The second-order valence-electron chi connectivity index (χ2n) is 8.10. The van der Waals surface area contributed by atoms with Gasteiger partial charge < -0.3 is 4.90 Å². The zero-order valence-corrected chi connectivity index (χ0v) is 17.9. The normalized spacial score (nSPS) is 16.6. The van der Waals surface area contributed by atoms with E-state index in [1.54, 1.807) is 4.31 Å². The Balaban J connectivity index is 1.81. The number of hydrogen-bond acceptors (Lipinski definition) is 3. The lowest BCUT2D eigenvalue weighted by molar-refractivity contribution is 0.384. The molecule has 4 nitrogen and oxygen atoms in total. The summed E-state index contributed by atoms with van der Waals surface area (Å²) in [4.78, 5) is 2.60. The first-order chi connectivity index (χ1) is 12.6. The molecule has 1 saturated heterocycles. The molecule has 27 heavy (non-hydrogen) atoms. The van der Waals surface area contributed by atoms with Gasteiger partial charge in [0, 0.05) is 36.9 Å². The van der Waals surface area contributed by atoms with Gasteiger partial charge in [0.15, 0.2) is 0 Å². The van der Waals surface area contributed by atoms with Crippen molar-refractivity contribution in [3.63, 3.8) is 0 Å². The summed E-state index contributed by atoms with van der Waals surface area (Å²) in [6, 6.07) is 13.5. The molecule has 0 radical (unpaired) electrons. The summed E-state index contributed by atoms with van der Waals surface area (Å²) in [5.41, 5.74) is 2.76. The van der Waals surface area contributed by atoms with Crippen molar-refractivity contribution in [1.29, 1.82) is 0 Å². The minimum atomic E-state index is -3.51. The Labute approximate surface area is 167 Å². The topological polar surface area (TPSA) is 40.6 Å². The van der Waals surface area contributed by atoms with Crippen LogP contribution in [0.4, 0.5) is 5.69 Å². The zero-order chi connectivity index (χ0) is 19.8. The van der Waals surface area contributed by atoms with Gasteiger partial charge in [0.25, 0.3) is 0 Å². The number of nitrogens with zero attached hydrogens (tertiary/aromatic N) is 2. The third-order valence-electron chi connectivity index (χ3n) is 5.08. The minimum absolute atomic E-state index is 0.0940.